The monoisotopic (exact) mass is 251 g/mol. The fourth-order valence-electron chi connectivity index (χ4n) is 1.99. The Morgan fingerprint density at radius 2 is 2.28 bits per heavy atom. The van der Waals surface area contributed by atoms with E-state index in [4.69, 9.17) is 9.47 Å². The molecule has 1 fully saturated rings. The van der Waals surface area contributed by atoms with E-state index in [1.54, 1.807) is 7.11 Å². The fourth-order valence-corrected chi connectivity index (χ4v) is 1.99. The standard InChI is InChI=1S/C13H21N3O2/c1-17-5-3-14-7-12-8-15-13(16-9-12)6-11-2-4-18-10-11/h8-9,11,14H,2-7,10H2,1H3. The molecule has 18 heavy (non-hydrogen) atoms. The van der Waals surface area contributed by atoms with Crippen LogP contribution in [0.15, 0.2) is 12.4 Å². The first-order valence-electron chi connectivity index (χ1n) is 6.45. The molecule has 0 amide bonds. The van der Waals surface area contributed by atoms with Gasteiger partial charge in [-0.25, -0.2) is 9.97 Å². The van der Waals surface area contributed by atoms with E-state index in [0.29, 0.717) is 5.92 Å². The largest absolute Gasteiger partial charge is 0.383 e. The predicted octanol–water partition coefficient (Wildman–Crippen LogP) is 0.792. The number of nitrogens with one attached hydrogen (secondary N) is 1. The number of rotatable bonds is 7. The lowest BCUT2D eigenvalue weighted by atomic mass is 10.1. The van der Waals surface area contributed by atoms with Crippen LogP contribution < -0.4 is 5.32 Å². The highest BCUT2D eigenvalue weighted by Gasteiger charge is 2.17. The van der Waals surface area contributed by atoms with E-state index in [1.165, 1.54) is 0 Å². The van der Waals surface area contributed by atoms with Gasteiger partial charge < -0.3 is 14.8 Å². The summed E-state index contributed by atoms with van der Waals surface area (Å²) < 4.78 is 10.3. The van der Waals surface area contributed by atoms with Gasteiger partial charge in [0.05, 0.1) is 6.61 Å². The van der Waals surface area contributed by atoms with Gasteiger partial charge in [0.1, 0.15) is 5.82 Å². The molecule has 1 aliphatic heterocycles. The Morgan fingerprint density at radius 3 is 2.94 bits per heavy atom. The van der Waals surface area contributed by atoms with E-state index < -0.39 is 0 Å². The van der Waals surface area contributed by atoms with Crippen LogP contribution >= 0.6 is 0 Å². The lowest BCUT2D eigenvalue weighted by molar-refractivity contribution is 0.185. The van der Waals surface area contributed by atoms with Crippen molar-refractivity contribution in [2.75, 3.05) is 33.5 Å². The molecule has 0 spiro atoms. The summed E-state index contributed by atoms with van der Waals surface area (Å²) in [6.45, 7) is 4.09. The molecule has 0 saturated carbocycles. The molecule has 1 unspecified atom stereocenters. The van der Waals surface area contributed by atoms with E-state index in [0.717, 1.165) is 57.1 Å². The summed E-state index contributed by atoms with van der Waals surface area (Å²) in [5, 5.41) is 3.27. The van der Waals surface area contributed by atoms with Crippen LogP contribution in [-0.2, 0) is 22.4 Å². The van der Waals surface area contributed by atoms with Crippen molar-refractivity contribution >= 4 is 0 Å². The highest BCUT2D eigenvalue weighted by atomic mass is 16.5. The molecule has 1 N–H and O–H groups in total. The minimum Gasteiger partial charge on any atom is -0.383 e. The van der Waals surface area contributed by atoms with Crippen molar-refractivity contribution in [3.05, 3.63) is 23.8 Å². The van der Waals surface area contributed by atoms with Crippen LogP contribution in [-0.4, -0.2) is 43.4 Å². The maximum Gasteiger partial charge on any atom is 0.128 e. The molecule has 5 heteroatoms. The van der Waals surface area contributed by atoms with Gasteiger partial charge in [-0.1, -0.05) is 0 Å². The number of hydrogen-bond donors (Lipinski definition) is 1. The second-order valence-electron chi connectivity index (χ2n) is 4.61. The second-order valence-corrected chi connectivity index (χ2v) is 4.61. The number of ether oxygens (including phenoxy) is 2. The van der Waals surface area contributed by atoms with Gasteiger partial charge in [0.2, 0.25) is 0 Å². The zero-order valence-corrected chi connectivity index (χ0v) is 10.9. The van der Waals surface area contributed by atoms with Crippen LogP contribution in [0.5, 0.6) is 0 Å². The van der Waals surface area contributed by atoms with E-state index in [2.05, 4.69) is 15.3 Å². The second kappa shape index (κ2) is 7.41. The van der Waals surface area contributed by atoms with Gasteiger partial charge in [-0.15, -0.1) is 0 Å². The lowest BCUT2D eigenvalue weighted by Gasteiger charge is -2.07. The molecule has 0 aliphatic carbocycles. The van der Waals surface area contributed by atoms with Crippen LogP contribution in [0.2, 0.25) is 0 Å². The number of methoxy groups -OCH3 is 1. The summed E-state index contributed by atoms with van der Waals surface area (Å²) >= 11 is 0. The van der Waals surface area contributed by atoms with Gasteiger partial charge in [-0.05, 0) is 12.3 Å². The smallest absolute Gasteiger partial charge is 0.128 e. The summed E-state index contributed by atoms with van der Waals surface area (Å²) in [4.78, 5) is 8.81. The Balaban J connectivity index is 1.74. The summed E-state index contributed by atoms with van der Waals surface area (Å²) in [6, 6.07) is 0. The number of nitrogens with zero attached hydrogens (tertiary/aromatic N) is 2. The van der Waals surface area contributed by atoms with E-state index >= 15 is 0 Å². The van der Waals surface area contributed by atoms with Crippen molar-refractivity contribution in [3.8, 4) is 0 Å². The Labute approximate surface area is 108 Å². The highest BCUT2D eigenvalue weighted by Crippen LogP contribution is 2.15. The van der Waals surface area contributed by atoms with Crippen molar-refractivity contribution in [1.29, 1.82) is 0 Å². The van der Waals surface area contributed by atoms with Crippen molar-refractivity contribution in [1.82, 2.24) is 15.3 Å². The first kappa shape index (κ1) is 13.4. The summed E-state index contributed by atoms with van der Waals surface area (Å²) in [7, 11) is 1.70. The fraction of sp³-hybridized carbons (Fsp3) is 0.692. The Kier molecular flexibility index (Phi) is 5.51. The number of aromatic nitrogens is 2. The molecule has 5 nitrogen and oxygen atoms in total. The molecule has 1 aliphatic rings. The van der Waals surface area contributed by atoms with E-state index in [-0.39, 0.29) is 0 Å². The van der Waals surface area contributed by atoms with Crippen LogP contribution in [0, 0.1) is 5.92 Å². The van der Waals surface area contributed by atoms with Crippen LogP contribution in [0.3, 0.4) is 0 Å². The summed E-state index contributed by atoms with van der Waals surface area (Å²) in [5.74, 6) is 1.52. The number of hydrogen-bond acceptors (Lipinski definition) is 5. The molecule has 0 aromatic carbocycles. The summed E-state index contributed by atoms with van der Waals surface area (Å²) in [6.07, 6.45) is 5.86. The molecular formula is C13H21N3O2. The molecule has 1 saturated heterocycles. The van der Waals surface area contributed by atoms with Gasteiger partial charge in [-0.3, -0.25) is 0 Å². The average Bonchev–Trinajstić information content (AvgIpc) is 2.89. The maximum absolute atomic E-state index is 5.35. The maximum atomic E-state index is 5.35. The van der Waals surface area contributed by atoms with Gasteiger partial charge in [0, 0.05) is 57.8 Å². The zero-order valence-electron chi connectivity index (χ0n) is 10.9. The predicted molar refractivity (Wildman–Crippen MR) is 68.2 cm³/mol. The molecule has 1 aromatic heterocycles. The van der Waals surface area contributed by atoms with Crippen LogP contribution in [0.4, 0.5) is 0 Å². The van der Waals surface area contributed by atoms with Crippen LogP contribution in [0.25, 0.3) is 0 Å². The molecular weight excluding hydrogens is 230 g/mol. The molecule has 1 atom stereocenters. The van der Waals surface area contributed by atoms with Crippen molar-refractivity contribution < 1.29 is 9.47 Å². The normalized spacial score (nSPS) is 19.3. The van der Waals surface area contributed by atoms with Crippen molar-refractivity contribution in [3.63, 3.8) is 0 Å². The van der Waals surface area contributed by atoms with E-state index in [1.807, 2.05) is 12.4 Å². The third-order valence-corrected chi connectivity index (χ3v) is 3.07. The van der Waals surface area contributed by atoms with Crippen molar-refractivity contribution in [2.24, 2.45) is 5.92 Å². The van der Waals surface area contributed by atoms with Crippen LogP contribution in [0.1, 0.15) is 17.8 Å². The molecule has 100 valence electrons. The molecule has 0 bridgehead atoms. The minimum absolute atomic E-state index is 0.593. The Morgan fingerprint density at radius 1 is 1.44 bits per heavy atom. The zero-order chi connectivity index (χ0) is 12.6. The van der Waals surface area contributed by atoms with Crippen molar-refractivity contribution in [2.45, 2.75) is 19.4 Å². The third kappa shape index (κ3) is 4.33. The minimum atomic E-state index is 0.593. The molecule has 2 rings (SSSR count). The highest BCUT2D eigenvalue weighted by molar-refractivity contribution is 5.05. The molecule has 1 aromatic rings. The van der Waals surface area contributed by atoms with E-state index in [9.17, 15) is 0 Å². The van der Waals surface area contributed by atoms with Gasteiger partial charge in [0.15, 0.2) is 0 Å². The summed E-state index contributed by atoms with van der Waals surface area (Å²) in [5.41, 5.74) is 1.11. The average molecular weight is 251 g/mol. The van der Waals surface area contributed by atoms with Gasteiger partial charge in [0.25, 0.3) is 0 Å². The quantitative estimate of drug-likeness (QED) is 0.726. The van der Waals surface area contributed by atoms with Gasteiger partial charge >= 0.3 is 0 Å². The Hall–Kier alpha value is -1.04. The molecule has 2 heterocycles. The third-order valence-electron chi connectivity index (χ3n) is 3.07. The Bertz CT molecular complexity index is 337. The molecule has 0 radical (unpaired) electrons. The SMILES string of the molecule is COCCNCc1cnc(CC2CCOC2)nc1. The lowest BCUT2D eigenvalue weighted by Crippen LogP contribution is -2.19. The first-order chi connectivity index (χ1) is 8.88. The van der Waals surface area contributed by atoms with Gasteiger partial charge in [-0.2, -0.15) is 0 Å². The topological polar surface area (TPSA) is 56.3 Å². The first-order valence-corrected chi connectivity index (χ1v) is 6.45.